The molecule has 0 saturated heterocycles. The Bertz CT molecular complexity index is 410. The van der Waals surface area contributed by atoms with Crippen molar-refractivity contribution in [2.24, 2.45) is 11.8 Å². The molecule has 2 atom stereocenters. The highest BCUT2D eigenvalue weighted by Crippen LogP contribution is 2.34. The van der Waals surface area contributed by atoms with Gasteiger partial charge in [-0.1, -0.05) is 84.4 Å². The van der Waals surface area contributed by atoms with Gasteiger partial charge in [-0.15, -0.1) is 0 Å². The lowest BCUT2D eigenvalue weighted by atomic mass is 9.86. The Morgan fingerprint density at radius 1 is 0.870 bits per heavy atom. The van der Waals surface area contributed by atoms with Crippen LogP contribution in [0.5, 0.6) is 5.75 Å². The van der Waals surface area contributed by atoms with E-state index in [0.717, 1.165) is 11.8 Å². The second-order valence-electron chi connectivity index (χ2n) is 7.77. The second kappa shape index (κ2) is 11.5. The molecule has 0 radical (unpaired) electrons. The van der Waals surface area contributed by atoms with E-state index in [1.165, 1.54) is 63.4 Å². The van der Waals surface area contributed by atoms with Gasteiger partial charge in [-0.05, 0) is 48.6 Å². The summed E-state index contributed by atoms with van der Waals surface area (Å²) in [6.07, 6.45) is 11.6. The summed E-state index contributed by atoms with van der Waals surface area (Å²) in [5.41, 5.74) is 1.17. The van der Waals surface area contributed by atoms with Gasteiger partial charge in [0, 0.05) is 0 Å². The minimum absolute atomic E-state index is 0.489. The Morgan fingerprint density at radius 3 is 2.22 bits per heavy atom. The van der Waals surface area contributed by atoms with Crippen molar-refractivity contribution in [1.29, 1.82) is 0 Å². The summed E-state index contributed by atoms with van der Waals surface area (Å²) in [4.78, 5) is 0. The summed E-state index contributed by atoms with van der Waals surface area (Å²) < 4.78 is 0. The van der Waals surface area contributed by atoms with Crippen molar-refractivity contribution in [2.45, 2.75) is 91.4 Å². The van der Waals surface area contributed by atoms with Crippen LogP contribution in [0, 0.1) is 11.8 Å². The molecule has 2 unspecified atom stereocenters. The molecule has 1 nitrogen and oxygen atoms in total. The van der Waals surface area contributed by atoms with Crippen molar-refractivity contribution >= 4 is 0 Å². The Balaban J connectivity index is 2.52. The monoisotopic (exact) mass is 318 g/mol. The third-order valence-electron chi connectivity index (χ3n) is 4.91. The van der Waals surface area contributed by atoms with Gasteiger partial charge in [-0.2, -0.15) is 0 Å². The van der Waals surface area contributed by atoms with Crippen LogP contribution in [0.1, 0.15) is 97.0 Å². The number of unbranched alkanes of at least 4 members (excludes halogenated alkanes) is 3. The highest BCUT2D eigenvalue weighted by Gasteiger charge is 2.15. The normalized spacial score (nSPS) is 14.1. The number of phenolic OH excluding ortho intramolecular Hbond substituents is 1. The van der Waals surface area contributed by atoms with Gasteiger partial charge in [0.2, 0.25) is 0 Å². The molecule has 0 saturated carbocycles. The van der Waals surface area contributed by atoms with Gasteiger partial charge in [0.15, 0.2) is 0 Å². The van der Waals surface area contributed by atoms with E-state index in [9.17, 15) is 5.11 Å². The fourth-order valence-corrected chi connectivity index (χ4v) is 3.74. The summed E-state index contributed by atoms with van der Waals surface area (Å²) in [5.74, 6) is 2.63. The van der Waals surface area contributed by atoms with Gasteiger partial charge in [0.1, 0.15) is 5.75 Å². The first kappa shape index (κ1) is 20.1. The Hall–Kier alpha value is -0.980. The third kappa shape index (κ3) is 8.44. The zero-order chi connectivity index (χ0) is 17.1. The van der Waals surface area contributed by atoms with Crippen molar-refractivity contribution in [3.8, 4) is 5.75 Å². The summed E-state index contributed by atoms with van der Waals surface area (Å²) in [5, 5.41) is 10.2. The number of hydrogen-bond donors (Lipinski definition) is 1. The van der Waals surface area contributed by atoms with Crippen molar-refractivity contribution in [3.63, 3.8) is 0 Å². The standard InChI is InChI=1S/C22H38O/c1-5-6-7-8-13-20(21-15-9-10-16-22(21)23)14-11-12-19(4)17-18(2)3/h9-10,15-16,18-20,23H,5-8,11-14,17H2,1-4H3. The quantitative estimate of drug-likeness (QED) is 0.401. The maximum Gasteiger partial charge on any atom is 0.119 e. The predicted octanol–water partition coefficient (Wildman–Crippen LogP) is 7.30. The lowest BCUT2D eigenvalue weighted by Crippen LogP contribution is -2.04. The van der Waals surface area contributed by atoms with Gasteiger partial charge in [0.05, 0.1) is 0 Å². The molecule has 23 heavy (non-hydrogen) atoms. The van der Waals surface area contributed by atoms with E-state index in [2.05, 4.69) is 39.8 Å². The van der Waals surface area contributed by atoms with Crippen LogP contribution in [0.4, 0.5) is 0 Å². The zero-order valence-corrected chi connectivity index (χ0v) is 15.9. The molecule has 132 valence electrons. The molecule has 1 N–H and O–H groups in total. The molecule has 1 aromatic carbocycles. The molecule has 0 heterocycles. The van der Waals surface area contributed by atoms with Crippen molar-refractivity contribution in [3.05, 3.63) is 29.8 Å². The molecule has 0 aliphatic carbocycles. The first-order valence-corrected chi connectivity index (χ1v) is 9.82. The Labute approximate surface area is 144 Å². The molecule has 1 aromatic rings. The Kier molecular flexibility index (Phi) is 10.1. The maximum absolute atomic E-state index is 10.2. The van der Waals surface area contributed by atoms with E-state index >= 15 is 0 Å². The van der Waals surface area contributed by atoms with Crippen LogP contribution in [0.15, 0.2) is 24.3 Å². The van der Waals surface area contributed by atoms with E-state index in [1.54, 1.807) is 0 Å². The van der Waals surface area contributed by atoms with E-state index in [4.69, 9.17) is 0 Å². The largest absolute Gasteiger partial charge is 0.508 e. The smallest absolute Gasteiger partial charge is 0.119 e. The average Bonchev–Trinajstić information content (AvgIpc) is 2.50. The highest BCUT2D eigenvalue weighted by atomic mass is 16.3. The lowest BCUT2D eigenvalue weighted by molar-refractivity contribution is 0.384. The van der Waals surface area contributed by atoms with Gasteiger partial charge in [-0.25, -0.2) is 0 Å². The molecular weight excluding hydrogens is 280 g/mol. The van der Waals surface area contributed by atoms with Crippen LogP contribution in [0.25, 0.3) is 0 Å². The number of hydrogen-bond acceptors (Lipinski definition) is 1. The number of phenols is 1. The van der Waals surface area contributed by atoms with Crippen molar-refractivity contribution < 1.29 is 5.11 Å². The molecule has 1 heteroatoms. The van der Waals surface area contributed by atoms with Crippen LogP contribution in [0.2, 0.25) is 0 Å². The summed E-state index contributed by atoms with van der Waals surface area (Å²) >= 11 is 0. The lowest BCUT2D eigenvalue weighted by Gasteiger charge is -2.20. The van der Waals surface area contributed by atoms with Gasteiger partial charge < -0.3 is 5.11 Å². The number of benzene rings is 1. The minimum Gasteiger partial charge on any atom is -0.508 e. The van der Waals surface area contributed by atoms with Crippen LogP contribution in [-0.4, -0.2) is 5.11 Å². The van der Waals surface area contributed by atoms with Crippen molar-refractivity contribution in [2.75, 3.05) is 0 Å². The summed E-state index contributed by atoms with van der Waals surface area (Å²) in [6, 6.07) is 7.96. The fraction of sp³-hybridized carbons (Fsp3) is 0.727. The molecule has 0 fully saturated rings. The molecule has 0 spiro atoms. The fourth-order valence-electron chi connectivity index (χ4n) is 3.74. The molecule has 0 aliphatic heterocycles. The van der Waals surface area contributed by atoms with Crippen molar-refractivity contribution in [1.82, 2.24) is 0 Å². The van der Waals surface area contributed by atoms with Crippen LogP contribution in [-0.2, 0) is 0 Å². The van der Waals surface area contributed by atoms with E-state index < -0.39 is 0 Å². The number of aromatic hydroxyl groups is 1. The molecular formula is C22H38O. The van der Waals surface area contributed by atoms with Gasteiger partial charge in [0.25, 0.3) is 0 Å². The first-order valence-electron chi connectivity index (χ1n) is 9.82. The predicted molar refractivity (Wildman–Crippen MR) is 102 cm³/mol. The SMILES string of the molecule is CCCCCCC(CCCC(C)CC(C)C)c1ccccc1O. The van der Waals surface area contributed by atoms with E-state index in [1.807, 2.05) is 12.1 Å². The average molecular weight is 319 g/mol. The van der Waals surface area contributed by atoms with Crippen LogP contribution in [0.3, 0.4) is 0 Å². The summed E-state index contributed by atoms with van der Waals surface area (Å²) in [7, 11) is 0. The third-order valence-corrected chi connectivity index (χ3v) is 4.91. The number of rotatable bonds is 12. The van der Waals surface area contributed by atoms with E-state index in [-0.39, 0.29) is 0 Å². The molecule has 0 aliphatic rings. The molecule has 0 amide bonds. The van der Waals surface area contributed by atoms with E-state index in [0.29, 0.717) is 11.7 Å². The summed E-state index contributed by atoms with van der Waals surface area (Å²) in [6.45, 7) is 9.27. The molecule has 0 aromatic heterocycles. The first-order chi connectivity index (χ1) is 11.0. The second-order valence-corrected chi connectivity index (χ2v) is 7.77. The zero-order valence-electron chi connectivity index (χ0n) is 15.9. The Morgan fingerprint density at radius 2 is 1.57 bits per heavy atom. The topological polar surface area (TPSA) is 20.2 Å². The maximum atomic E-state index is 10.2. The van der Waals surface area contributed by atoms with Gasteiger partial charge >= 0.3 is 0 Å². The molecule has 1 rings (SSSR count). The highest BCUT2D eigenvalue weighted by molar-refractivity contribution is 5.34. The molecule has 0 bridgehead atoms. The van der Waals surface area contributed by atoms with Crippen LogP contribution >= 0.6 is 0 Å². The van der Waals surface area contributed by atoms with Gasteiger partial charge in [-0.3, -0.25) is 0 Å². The van der Waals surface area contributed by atoms with Crippen LogP contribution < -0.4 is 0 Å². The minimum atomic E-state index is 0.489. The number of para-hydroxylation sites is 1.